The van der Waals surface area contributed by atoms with Gasteiger partial charge in [-0.2, -0.15) is 0 Å². The van der Waals surface area contributed by atoms with Gasteiger partial charge >= 0.3 is 11.7 Å². The molecule has 0 saturated carbocycles. The van der Waals surface area contributed by atoms with E-state index >= 15 is 0 Å². The van der Waals surface area contributed by atoms with E-state index in [1.807, 2.05) is 38.1 Å². The van der Waals surface area contributed by atoms with Crippen LogP contribution in [0.3, 0.4) is 0 Å². The van der Waals surface area contributed by atoms with E-state index in [1.165, 1.54) is 23.1 Å². The molecule has 0 atom stereocenters. The largest absolute Gasteiger partial charge is 0.478 e. The predicted octanol–water partition coefficient (Wildman–Crippen LogP) is 3.32. The van der Waals surface area contributed by atoms with E-state index in [2.05, 4.69) is 0 Å². The first-order valence-corrected chi connectivity index (χ1v) is 11.0. The van der Waals surface area contributed by atoms with Crippen molar-refractivity contribution in [2.24, 2.45) is 13.0 Å². The van der Waals surface area contributed by atoms with Gasteiger partial charge < -0.3 is 5.11 Å². The molecule has 0 unspecified atom stereocenters. The monoisotopic (exact) mass is 453 g/mol. The van der Waals surface area contributed by atoms with Crippen LogP contribution < -0.4 is 11.2 Å². The lowest BCUT2D eigenvalue weighted by atomic mass is 10.1. The van der Waals surface area contributed by atoms with Gasteiger partial charge in [-0.3, -0.25) is 23.3 Å². The predicted molar refractivity (Wildman–Crippen MR) is 124 cm³/mol. The molecular weight excluding hydrogens is 430 g/mol. The summed E-state index contributed by atoms with van der Waals surface area (Å²) in [6, 6.07) is 7.41. The van der Waals surface area contributed by atoms with Crippen LogP contribution in [-0.2, 0) is 20.0 Å². The molecule has 9 heteroatoms. The molecule has 4 rings (SSSR count). The minimum atomic E-state index is -1.21. The molecule has 8 nitrogen and oxygen atoms in total. The Balaban J connectivity index is 2.02. The third kappa shape index (κ3) is 3.38. The normalized spacial score (nSPS) is 11.7. The Morgan fingerprint density at radius 3 is 2.47 bits per heavy atom. The molecule has 0 radical (unpaired) electrons. The molecule has 0 bridgehead atoms. The maximum atomic E-state index is 12.9. The van der Waals surface area contributed by atoms with Crippen molar-refractivity contribution in [2.75, 3.05) is 0 Å². The Labute approximate surface area is 186 Å². The van der Waals surface area contributed by atoms with Crippen molar-refractivity contribution in [2.45, 2.75) is 33.7 Å². The summed E-state index contributed by atoms with van der Waals surface area (Å²) in [6.45, 7) is 5.73. The van der Waals surface area contributed by atoms with Crippen LogP contribution in [0.2, 0.25) is 0 Å². The summed E-state index contributed by atoms with van der Waals surface area (Å²) in [6.07, 6.45) is 1.93. The first-order chi connectivity index (χ1) is 15.1. The molecule has 0 aliphatic heterocycles. The average Bonchev–Trinajstić information content (AvgIpc) is 3.29. The van der Waals surface area contributed by atoms with E-state index in [0.717, 1.165) is 32.4 Å². The highest BCUT2D eigenvalue weighted by molar-refractivity contribution is 7.19. The molecule has 1 aromatic carbocycles. The molecular formula is C23H23N3O5S. The molecule has 0 saturated heterocycles. The number of carboxylic acids is 1. The van der Waals surface area contributed by atoms with Crippen molar-refractivity contribution in [3.8, 4) is 0 Å². The molecule has 0 aliphatic rings. The van der Waals surface area contributed by atoms with Crippen LogP contribution in [0.25, 0.3) is 21.1 Å². The number of carbonyl (C=O) groups is 2. The molecule has 0 amide bonds. The summed E-state index contributed by atoms with van der Waals surface area (Å²) in [7, 11) is 1.37. The molecule has 3 aromatic heterocycles. The molecule has 3 heterocycles. The smallest absolute Gasteiger partial charge is 0.337 e. The van der Waals surface area contributed by atoms with Gasteiger partial charge in [-0.25, -0.2) is 9.59 Å². The SMILES string of the molecule is CC(=O)n1cc(Cc2sc3c(c2C(=O)O)c(=O)n(C)c(=O)n3CC(C)C)c2ccccc21. The molecule has 32 heavy (non-hydrogen) atoms. The number of aromatic carboxylic acids is 1. The number of nitrogens with zero attached hydrogens (tertiary/aromatic N) is 3. The number of thiophene rings is 1. The van der Waals surface area contributed by atoms with Crippen LogP contribution in [0.5, 0.6) is 0 Å². The topological polar surface area (TPSA) is 103 Å². The van der Waals surface area contributed by atoms with Gasteiger partial charge in [0.25, 0.3) is 5.56 Å². The molecule has 0 fully saturated rings. The number of hydrogen-bond acceptors (Lipinski definition) is 5. The number of rotatable bonds is 5. The van der Waals surface area contributed by atoms with Crippen molar-refractivity contribution in [3.63, 3.8) is 0 Å². The fourth-order valence-electron chi connectivity index (χ4n) is 4.08. The zero-order valence-electron chi connectivity index (χ0n) is 18.2. The second-order valence-corrected chi connectivity index (χ2v) is 9.36. The van der Waals surface area contributed by atoms with E-state index < -0.39 is 17.2 Å². The molecule has 0 spiro atoms. The minimum Gasteiger partial charge on any atom is -0.478 e. The number of carbonyl (C=O) groups excluding carboxylic acids is 1. The van der Waals surface area contributed by atoms with Gasteiger partial charge in [0.15, 0.2) is 0 Å². The van der Waals surface area contributed by atoms with Gasteiger partial charge in [0, 0.05) is 43.4 Å². The maximum Gasteiger partial charge on any atom is 0.337 e. The maximum absolute atomic E-state index is 12.9. The zero-order valence-corrected chi connectivity index (χ0v) is 19.0. The Hall–Kier alpha value is -3.46. The van der Waals surface area contributed by atoms with Gasteiger partial charge in [-0.05, 0) is 17.5 Å². The molecule has 0 aliphatic carbocycles. The van der Waals surface area contributed by atoms with Crippen LogP contribution in [0.4, 0.5) is 0 Å². The fraction of sp³-hybridized carbons (Fsp3) is 0.304. The molecule has 166 valence electrons. The minimum absolute atomic E-state index is 0.0514. The van der Waals surface area contributed by atoms with Crippen LogP contribution in [0.1, 0.15) is 46.4 Å². The van der Waals surface area contributed by atoms with Gasteiger partial charge in [0.2, 0.25) is 5.91 Å². The van der Waals surface area contributed by atoms with Crippen LogP contribution >= 0.6 is 11.3 Å². The zero-order chi connectivity index (χ0) is 23.3. The van der Waals surface area contributed by atoms with Crippen LogP contribution in [-0.4, -0.2) is 30.7 Å². The highest BCUT2D eigenvalue weighted by Crippen LogP contribution is 2.33. The number of aromatic nitrogens is 3. The first kappa shape index (κ1) is 21.8. The van der Waals surface area contributed by atoms with E-state index in [-0.39, 0.29) is 29.2 Å². The lowest BCUT2D eigenvalue weighted by Crippen LogP contribution is -2.38. The molecule has 4 aromatic rings. The van der Waals surface area contributed by atoms with Crippen molar-refractivity contribution in [1.29, 1.82) is 0 Å². The second-order valence-electron chi connectivity index (χ2n) is 8.27. The van der Waals surface area contributed by atoms with Crippen molar-refractivity contribution < 1.29 is 14.7 Å². The summed E-state index contributed by atoms with van der Waals surface area (Å²) in [5, 5.41) is 10.9. The lowest BCUT2D eigenvalue weighted by Gasteiger charge is -2.11. The van der Waals surface area contributed by atoms with E-state index in [1.54, 1.807) is 6.20 Å². The number of para-hydroxylation sites is 1. The van der Waals surface area contributed by atoms with E-state index in [0.29, 0.717) is 16.3 Å². The number of fused-ring (bicyclic) bond motifs is 2. The van der Waals surface area contributed by atoms with E-state index in [4.69, 9.17) is 0 Å². The third-order valence-electron chi connectivity index (χ3n) is 5.49. The number of carboxylic acid groups (broad SMARTS) is 1. The Bertz CT molecular complexity index is 1520. The Morgan fingerprint density at radius 2 is 1.84 bits per heavy atom. The average molecular weight is 454 g/mol. The summed E-state index contributed by atoms with van der Waals surface area (Å²) in [5.74, 6) is -1.24. The van der Waals surface area contributed by atoms with Crippen LogP contribution in [0.15, 0.2) is 40.1 Å². The molecule has 1 N–H and O–H groups in total. The summed E-state index contributed by atoms with van der Waals surface area (Å²) in [5.41, 5.74) is 0.355. The number of hydrogen-bond donors (Lipinski definition) is 1. The second kappa shape index (κ2) is 7.90. The fourth-order valence-corrected chi connectivity index (χ4v) is 5.38. The van der Waals surface area contributed by atoms with Gasteiger partial charge in [0.1, 0.15) is 4.83 Å². The highest BCUT2D eigenvalue weighted by atomic mass is 32.1. The standard InChI is InChI=1S/C23H23N3O5S/c1-12(2)10-26-21-19(20(28)24(4)23(26)31)18(22(29)30)17(32-21)9-14-11-25(13(3)27)16-8-6-5-7-15(14)16/h5-8,11-12H,9-10H2,1-4H3,(H,29,30). The Morgan fingerprint density at radius 1 is 1.16 bits per heavy atom. The summed E-state index contributed by atoms with van der Waals surface area (Å²) >= 11 is 1.15. The van der Waals surface area contributed by atoms with Crippen molar-refractivity contribution >= 4 is 44.3 Å². The van der Waals surface area contributed by atoms with Crippen molar-refractivity contribution in [1.82, 2.24) is 13.7 Å². The number of benzene rings is 1. The third-order valence-corrected chi connectivity index (χ3v) is 6.70. The van der Waals surface area contributed by atoms with Crippen LogP contribution in [0, 0.1) is 5.92 Å². The summed E-state index contributed by atoms with van der Waals surface area (Å²) in [4.78, 5) is 50.9. The van der Waals surface area contributed by atoms with E-state index in [9.17, 15) is 24.3 Å². The first-order valence-electron chi connectivity index (χ1n) is 10.2. The van der Waals surface area contributed by atoms with Gasteiger partial charge in [-0.1, -0.05) is 32.0 Å². The Kier molecular flexibility index (Phi) is 5.37. The van der Waals surface area contributed by atoms with Gasteiger partial charge in [-0.15, -0.1) is 11.3 Å². The summed E-state index contributed by atoms with van der Waals surface area (Å²) < 4.78 is 3.99. The quantitative estimate of drug-likeness (QED) is 0.499. The highest BCUT2D eigenvalue weighted by Gasteiger charge is 2.26. The lowest BCUT2D eigenvalue weighted by molar-refractivity contribution is 0.0698. The van der Waals surface area contributed by atoms with Crippen molar-refractivity contribution in [3.05, 3.63) is 67.3 Å². The van der Waals surface area contributed by atoms with Gasteiger partial charge in [0.05, 0.1) is 16.5 Å².